The van der Waals surface area contributed by atoms with Crippen molar-refractivity contribution in [3.63, 3.8) is 0 Å². The largest absolute Gasteiger partial charge is 0.306 e. The fourth-order valence-corrected chi connectivity index (χ4v) is 1.61. The highest BCUT2D eigenvalue weighted by molar-refractivity contribution is 9.10. The minimum atomic E-state index is -1.99. The first-order valence-electron chi connectivity index (χ1n) is 3.11. The molecule has 0 aliphatic heterocycles. The van der Waals surface area contributed by atoms with E-state index in [9.17, 15) is 8.60 Å². The van der Waals surface area contributed by atoms with E-state index in [1.807, 2.05) is 0 Å². The average Bonchev–Trinajstić information content (AvgIpc) is 1.94. The highest BCUT2D eigenvalue weighted by Gasteiger charge is 2.04. The van der Waals surface area contributed by atoms with Crippen LogP contribution >= 0.6 is 15.9 Å². The van der Waals surface area contributed by atoms with Gasteiger partial charge in [-0.05, 0) is 12.1 Å². The van der Waals surface area contributed by atoms with Crippen LogP contribution in [0.25, 0.3) is 0 Å². The van der Waals surface area contributed by atoms with E-state index in [-0.39, 0.29) is 11.3 Å². The topological polar surface area (TPSA) is 37.3 Å². The quantitative estimate of drug-likeness (QED) is 0.821. The highest BCUT2D eigenvalue weighted by atomic mass is 79.9. The van der Waals surface area contributed by atoms with Crippen LogP contribution in [0, 0.1) is 5.82 Å². The van der Waals surface area contributed by atoms with Gasteiger partial charge in [0, 0.05) is 10.0 Å². The summed E-state index contributed by atoms with van der Waals surface area (Å²) in [6.07, 6.45) is 0. The zero-order valence-electron chi connectivity index (χ0n) is 5.96. The van der Waals surface area contributed by atoms with Crippen molar-refractivity contribution < 1.29 is 13.2 Å². The summed E-state index contributed by atoms with van der Waals surface area (Å²) in [5.74, 6) is -0.633. The summed E-state index contributed by atoms with van der Waals surface area (Å²) in [5, 5.41) is 0. The van der Waals surface area contributed by atoms with E-state index in [1.165, 1.54) is 12.1 Å². The molecule has 66 valence electrons. The van der Waals surface area contributed by atoms with Gasteiger partial charge >= 0.3 is 0 Å². The van der Waals surface area contributed by atoms with Crippen molar-refractivity contribution in [3.05, 3.63) is 34.1 Å². The van der Waals surface area contributed by atoms with Gasteiger partial charge in [0.25, 0.3) is 0 Å². The van der Waals surface area contributed by atoms with Gasteiger partial charge in [-0.2, -0.15) is 0 Å². The first-order chi connectivity index (χ1) is 5.59. The van der Waals surface area contributed by atoms with E-state index in [4.69, 9.17) is 4.55 Å². The molecule has 0 amide bonds. The van der Waals surface area contributed by atoms with E-state index in [1.54, 1.807) is 6.07 Å². The Morgan fingerprint density at radius 1 is 1.58 bits per heavy atom. The van der Waals surface area contributed by atoms with Gasteiger partial charge in [-0.1, -0.05) is 22.0 Å². The molecular weight excluding hydrogens is 247 g/mol. The van der Waals surface area contributed by atoms with Crippen molar-refractivity contribution in [2.45, 2.75) is 5.75 Å². The Kier molecular flexibility index (Phi) is 3.37. The molecule has 1 N–H and O–H groups in total. The van der Waals surface area contributed by atoms with Crippen molar-refractivity contribution in [2.75, 3.05) is 0 Å². The van der Waals surface area contributed by atoms with Gasteiger partial charge in [0.05, 0.1) is 5.75 Å². The number of hydrogen-bond acceptors (Lipinski definition) is 1. The summed E-state index contributed by atoms with van der Waals surface area (Å²) in [4.78, 5) is 0. The SMILES string of the molecule is O=S(O)Cc1ccc(Br)cc1F. The molecule has 12 heavy (non-hydrogen) atoms. The minimum Gasteiger partial charge on any atom is -0.306 e. The molecular formula is C7H6BrFO2S. The summed E-state index contributed by atoms with van der Waals surface area (Å²) < 4.78 is 32.4. The van der Waals surface area contributed by atoms with Crippen molar-refractivity contribution in [1.82, 2.24) is 0 Å². The third-order valence-electron chi connectivity index (χ3n) is 1.29. The van der Waals surface area contributed by atoms with E-state index in [2.05, 4.69) is 15.9 Å². The molecule has 1 aromatic rings. The van der Waals surface area contributed by atoms with Crippen LogP contribution in [-0.4, -0.2) is 8.76 Å². The van der Waals surface area contributed by atoms with Gasteiger partial charge in [-0.3, -0.25) is 0 Å². The maximum absolute atomic E-state index is 12.9. The molecule has 1 aromatic carbocycles. The molecule has 0 saturated carbocycles. The summed E-state index contributed by atoms with van der Waals surface area (Å²) >= 11 is 1.10. The standard InChI is InChI=1S/C7H6BrFO2S/c8-6-2-1-5(4-12(10)11)7(9)3-6/h1-3H,4H2,(H,10,11). The molecule has 0 heterocycles. The molecule has 0 saturated heterocycles. The Hall–Kier alpha value is -0.260. The molecule has 0 bridgehead atoms. The second-order valence-corrected chi connectivity index (χ2v) is 4.05. The van der Waals surface area contributed by atoms with Gasteiger partial charge in [0.1, 0.15) is 5.82 Å². The number of hydrogen-bond donors (Lipinski definition) is 1. The predicted octanol–water partition coefficient (Wildman–Crippen LogP) is 2.31. The molecule has 1 unspecified atom stereocenters. The third-order valence-corrected chi connectivity index (χ3v) is 2.35. The monoisotopic (exact) mass is 252 g/mol. The zero-order valence-corrected chi connectivity index (χ0v) is 8.36. The average molecular weight is 253 g/mol. The molecule has 0 radical (unpaired) electrons. The molecule has 5 heteroatoms. The van der Waals surface area contributed by atoms with Gasteiger partial charge < -0.3 is 4.55 Å². The number of benzene rings is 1. The Bertz CT molecular complexity index is 316. The Balaban J connectivity index is 2.93. The first-order valence-corrected chi connectivity index (χ1v) is 5.18. The molecule has 1 rings (SSSR count). The smallest absolute Gasteiger partial charge is 0.157 e. The second-order valence-electron chi connectivity index (χ2n) is 2.20. The maximum Gasteiger partial charge on any atom is 0.157 e. The van der Waals surface area contributed by atoms with Crippen LogP contribution in [0.3, 0.4) is 0 Å². The summed E-state index contributed by atoms with van der Waals surface area (Å²) in [7, 11) is 0. The lowest BCUT2D eigenvalue weighted by Crippen LogP contribution is -1.96. The lowest BCUT2D eigenvalue weighted by molar-refractivity contribution is 0.559. The fraction of sp³-hybridized carbons (Fsp3) is 0.143. The summed E-state index contributed by atoms with van der Waals surface area (Å²) in [6.45, 7) is 0. The third kappa shape index (κ3) is 2.66. The Labute approximate surface area is 80.2 Å². The van der Waals surface area contributed by atoms with Crippen LogP contribution in [0.1, 0.15) is 5.56 Å². The maximum atomic E-state index is 12.9. The van der Waals surface area contributed by atoms with Crippen molar-refractivity contribution in [1.29, 1.82) is 0 Å². The van der Waals surface area contributed by atoms with E-state index in [0.29, 0.717) is 4.47 Å². The normalized spacial score (nSPS) is 12.9. The van der Waals surface area contributed by atoms with Gasteiger partial charge in [0.2, 0.25) is 0 Å². The van der Waals surface area contributed by atoms with Gasteiger partial charge in [-0.15, -0.1) is 0 Å². The second kappa shape index (κ2) is 4.11. The predicted molar refractivity (Wildman–Crippen MR) is 48.6 cm³/mol. The lowest BCUT2D eigenvalue weighted by atomic mass is 10.2. The van der Waals surface area contributed by atoms with Crippen LogP contribution in [0.2, 0.25) is 0 Å². The molecule has 0 aliphatic carbocycles. The molecule has 0 spiro atoms. The van der Waals surface area contributed by atoms with Crippen LogP contribution in [0.4, 0.5) is 4.39 Å². The molecule has 0 fully saturated rings. The van der Waals surface area contributed by atoms with E-state index >= 15 is 0 Å². The van der Waals surface area contributed by atoms with E-state index in [0.717, 1.165) is 0 Å². The lowest BCUT2D eigenvalue weighted by Gasteiger charge is -1.99. The molecule has 0 aromatic heterocycles. The van der Waals surface area contributed by atoms with Crippen LogP contribution < -0.4 is 0 Å². The van der Waals surface area contributed by atoms with Crippen LogP contribution in [-0.2, 0) is 16.8 Å². The summed E-state index contributed by atoms with van der Waals surface area (Å²) in [6, 6.07) is 4.38. The number of rotatable bonds is 2. The van der Waals surface area contributed by atoms with Crippen LogP contribution in [0.5, 0.6) is 0 Å². The first kappa shape index (κ1) is 9.83. The van der Waals surface area contributed by atoms with Crippen molar-refractivity contribution in [2.24, 2.45) is 0 Å². The van der Waals surface area contributed by atoms with Crippen molar-refractivity contribution >= 4 is 27.0 Å². The Morgan fingerprint density at radius 3 is 2.75 bits per heavy atom. The van der Waals surface area contributed by atoms with Crippen LogP contribution in [0.15, 0.2) is 22.7 Å². The van der Waals surface area contributed by atoms with Gasteiger partial charge in [-0.25, -0.2) is 8.60 Å². The van der Waals surface area contributed by atoms with Gasteiger partial charge in [0.15, 0.2) is 11.1 Å². The van der Waals surface area contributed by atoms with Crippen molar-refractivity contribution in [3.8, 4) is 0 Å². The highest BCUT2D eigenvalue weighted by Crippen LogP contribution is 2.15. The fourth-order valence-electron chi connectivity index (χ4n) is 0.772. The number of halogens is 2. The Morgan fingerprint density at radius 2 is 2.25 bits per heavy atom. The zero-order chi connectivity index (χ0) is 9.14. The van der Waals surface area contributed by atoms with E-state index < -0.39 is 16.9 Å². The summed E-state index contributed by atoms with van der Waals surface area (Å²) in [5.41, 5.74) is 0.249. The molecule has 1 atom stereocenters. The molecule has 0 aliphatic rings. The minimum absolute atomic E-state index is 0.168. The molecule has 2 nitrogen and oxygen atoms in total.